The Bertz CT molecular complexity index is 899. The van der Waals surface area contributed by atoms with Gasteiger partial charge in [-0.1, -0.05) is 44.5 Å². The van der Waals surface area contributed by atoms with Crippen molar-refractivity contribution in [1.82, 2.24) is 10.2 Å². The third-order valence-corrected chi connectivity index (χ3v) is 5.50. The van der Waals surface area contributed by atoms with Gasteiger partial charge in [0.15, 0.2) is 6.61 Å². The number of nitrogens with zero attached hydrogens (tertiary/aromatic N) is 1. The molecule has 1 atom stereocenters. The summed E-state index contributed by atoms with van der Waals surface area (Å²) in [5.41, 5.74) is 1.77. The number of hydrogen-bond acceptors (Lipinski definition) is 4. The molecule has 0 aliphatic carbocycles. The van der Waals surface area contributed by atoms with Crippen LogP contribution < -0.4 is 14.8 Å². The number of ether oxygens (including phenoxy) is 2. The van der Waals surface area contributed by atoms with Gasteiger partial charge in [-0.2, -0.15) is 0 Å². The van der Waals surface area contributed by atoms with Gasteiger partial charge in [-0.25, -0.2) is 0 Å². The summed E-state index contributed by atoms with van der Waals surface area (Å²) in [6, 6.07) is 12.1. The van der Waals surface area contributed by atoms with Crippen molar-refractivity contribution in [3.63, 3.8) is 0 Å². The van der Waals surface area contributed by atoms with Crippen LogP contribution in [0.5, 0.6) is 11.5 Å². The second-order valence-corrected chi connectivity index (χ2v) is 8.54. The smallest absolute Gasteiger partial charge is 0.261 e. The first-order chi connectivity index (χ1) is 15.2. The average molecular weight is 461 g/mol. The van der Waals surface area contributed by atoms with Crippen molar-refractivity contribution in [3.8, 4) is 11.5 Å². The largest absolute Gasteiger partial charge is 0.497 e. The van der Waals surface area contributed by atoms with E-state index < -0.39 is 6.04 Å². The van der Waals surface area contributed by atoms with Crippen molar-refractivity contribution in [2.75, 3.05) is 20.3 Å². The molecule has 0 radical (unpaired) electrons. The maximum absolute atomic E-state index is 13.2. The van der Waals surface area contributed by atoms with E-state index in [-0.39, 0.29) is 18.4 Å². The quantitative estimate of drug-likeness (QED) is 0.531. The van der Waals surface area contributed by atoms with Crippen LogP contribution in [0.2, 0.25) is 5.02 Å². The summed E-state index contributed by atoms with van der Waals surface area (Å²) < 4.78 is 10.9. The molecule has 2 rings (SSSR count). The van der Waals surface area contributed by atoms with E-state index in [2.05, 4.69) is 5.32 Å². The number of nitrogens with one attached hydrogen (secondary N) is 1. The standard InChI is InChI=1S/C25H33ClN2O4/c1-6-23(25(30)27-14-17(2)3)28(15-19-7-9-20(31-5)10-8-19)24(29)16-32-21-11-12-22(26)18(4)13-21/h7-13,17,23H,6,14-16H2,1-5H3,(H,27,30)/t23-/m0/s1. The highest BCUT2D eigenvalue weighted by Crippen LogP contribution is 2.22. The van der Waals surface area contributed by atoms with E-state index in [0.717, 1.165) is 16.9 Å². The topological polar surface area (TPSA) is 67.9 Å². The molecule has 1 N–H and O–H groups in total. The fraction of sp³-hybridized carbons (Fsp3) is 0.440. The van der Waals surface area contributed by atoms with Crippen LogP contribution in [-0.4, -0.2) is 43.0 Å². The van der Waals surface area contributed by atoms with E-state index >= 15 is 0 Å². The van der Waals surface area contributed by atoms with Crippen LogP contribution in [0.4, 0.5) is 0 Å². The van der Waals surface area contributed by atoms with Crippen molar-refractivity contribution < 1.29 is 19.1 Å². The van der Waals surface area contributed by atoms with Gasteiger partial charge in [0.1, 0.15) is 17.5 Å². The lowest BCUT2D eigenvalue weighted by atomic mass is 10.1. The summed E-state index contributed by atoms with van der Waals surface area (Å²) in [6.07, 6.45) is 0.492. The zero-order valence-electron chi connectivity index (χ0n) is 19.5. The summed E-state index contributed by atoms with van der Waals surface area (Å²) in [6.45, 7) is 8.51. The first-order valence-corrected chi connectivity index (χ1v) is 11.2. The number of carbonyl (C=O) groups excluding carboxylic acids is 2. The predicted octanol–water partition coefficient (Wildman–Crippen LogP) is 4.62. The van der Waals surface area contributed by atoms with Gasteiger partial charge in [-0.3, -0.25) is 9.59 Å². The summed E-state index contributed by atoms with van der Waals surface area (Å²) in [7, 11) is 1.60. The van der Waals surface area contributed by atoms with E-state index in [9.17, 15) is 9.59 Å². The number of aryl methyl sites for hydroxylation is 1. The lowest BCUT2D eigenvalue weighted by Crippen LogP contribution is -2.50. The van der Waals surface area contributed by atoms with E-state index in [1.807, 2.05) is 52.0 Å². The molecule has 0 saturated carbocycles. The fourth-order valence-corrected chi connectivity index (χ4v) is 3.32. The summed E-state index contributed by atoms with van der Waals surface area (Å²) in [5, 5.41) is 3.59. The molecule has 2 amide bonds. The molecule has 6 nitrogen and oxygen atoms in total. The van der Waals surface area contributed by atoms with Gasteiger partial charge in [-0.15, -0.1) is 0 Å². The molecule has 2 aromatic rings. The van der Waals surface area contributed by atoms with Crippen LogP contribution in [0.25, 0.3) is 0 Å². The molecular formula is C25H33ClN2O4. The molecule has 7 heteroatoms. The average Bonchev–Trinajstić information content (AvgIpc) is 2.78. The summed E-state index contributed by atoms with van der Waals surface area (Å²) >= 11 is 6.07. The van der Waals surface area contributed by atoms with E-state index in [0.29, 0.717) is 36.2 Å². The van der Waals surface area contributed by atoms with Gasteiger partial charge >= 0.3 is 0 Å². The number of amides is 2. The molecule has 2 aromatic carbocycles. The highest BCUT2D eigenvalue weighted by molar-refractivity contribution is 6.31. The Morgan fingerprint density at radius 1 is 1.09 bits per heavy atom. The van der Waals surface area contributed by atoms with Crippen molar-refractivity contribution >= 4 is 23.4 Å². The Labute approximate surface area is 195 Å². The van der Waals surface area contributed by atoms with Crippen molar-refractivity contribution in [2.24, 2.45) is 5.92 Å². The third-order valence-electron chi connectivity index (χ3n) is 5.07. The van der Waals surface area contributed by atoms with Crippen LogP contribution in [0.1, 0.15) is 38.3 Å². The maximum atomic E-state index is 13.2. The lowest BCUT2D eigenvalue weighted by molar-refractivity contribution is -0.143. The molecule has 0 aromatic heterocycles. The zero-order chi connectivity index (χ0) is 23.7. The Hall–Kier alpha value is -2.73. The second-order valence-electron chi connectivity index (χ2n) is 8.13. The minimum atomic E-state index is -0.598. The SMILES string of the molecule is CC[C@@H](C(=O)NCC(C)C)N(Cc1ccc(OC)cc1)C(=O)COc1ccc(Cl)c(C)c1. The van der Waals surface area contributed by atoms with Gasteiger partial charge in [0.25, 0.3) is 5.91 Å². The molecule has 0 heterocycles. The highest BCUT2D eigenvalue weighted by atomic mass is 35.5. The molecule has 0 spiro atoms. The number of halogens is 1. The summed E-state index contributed by atoms with van der Waals surface area (Å²) in [5.74, 6) is 1.18. The lowest BCUT2D eigenvalue weighted by Gasteiger charge is -2.31. The first kappa shape index (κ1) is 25.5. The minimum absolute atomic E-state index is 0.162. The molecule has 0 aliphatic heterocycles. The first-order valence-electron chi connectivity index (χ1n) is 10.8. The van der Waals surface area contributed by atoms with Gasteiger partial charge in [0, 0.05) is 18.1 Å². The van der Waals surface area contributed by atoms with Crippen molar-refractivity contribution in [1.29, 1.82) is 0 Å². The Morgan fingerprint density at radius 2 is 1.75 bits per heavy atom. The molecular weight excluding hydrogens is 428 g/mol. The molecule has 174 valence electrons. The van der Waals surface area contributed by atoms with Gasteiger partial charge in [-0.05, 0) is 60.7 Å². The number of rotatable bonds is 11. The Balaban J connectivity index is 2.20. The second kappa shape index (κ2) is 12.3. The van der Waals surface area contributed by atoms with Gasteiger partial charge in [0.2, 0.25) is 5.91 Å². The summed E-state index contributed by atoms with van der Waals surface area (Å²) in [4.78, 5) is 27.7. The molecule has 0 saturated heterocycles. The van der Waals surface area contributed by atoms with Crippen LogP contribution >= 0.6 is 11.6 Å². The highest BCUT2D eigenvalue weighted by Gasteiger charge is 2.29. The van der Waals surface area contributed by atoms with Gasteiger partial charge in [0.05, 0.1) is 7.11 Å². The molecule has 0 unspecified atom stereocenters. The van der Waals surface area contributed by atoms with E-state index in [4.69, 9.17) is 21.1 Å². The molecule has 0 aliphatic rings. The fourth-order valence-electron chi connectivity index (χ4n) is 3.20. The maximum Gasteiger partial charge on any atom is 0.261 e. The number of hydrogen-bond donors (Lipinski definition) is 1. The third kappa shape index (κ3) is 7.45. The zero-order valence-corrected chi connectivity index (χ0v) is 20.2. The van der Waals surface area contributed by atoms with E-state index in [1.165, 1.54) is 0 Å². The van der Waals surface area contributed by atoms with E-state index in [1.54, 1.807) is 30.2 Å². The number of methoxy groups -OCH3 is 1. The van der Waals surface area contributed by atoms with Crippen LogP contribution in [-0.2, 0) is 16.1 Å². The van der Waals surface area contributed by atoms with Crippen molar-refractivity contribution in [3.05, 3.63) is 58.6 Å². The van der Waals surface area contributed by atoms with Gasteiger partial charge < -0.3 is 19.7 Å². The predicted molar refractivity (Wildman–Crippen MR) is 127 cm³/mol. The number of benzene rings is 2. The number of carbonyl (C=O) groups is 2. The Kier molecular flexibility index (Phi) is 9.85. The molecule has 0 bridgehead atoms. The molecule has 32 heavy (non-hydrogen) atoms. The van der Waals surface area contributed by atoms with Crippen LogP contribution in [0, 0.1) is 12.8 Å². The van der Waals surface area contributed by atoms with Crippen molar-refractivity contribution in [2.45, 2.75) is 46.7 Å². The monoisotopic (exact) mass is 460 g/mol. The molecule has 0 fully saturated rings. The Morgan fingerprint density at radius 3 is 2.31 bits per heavy atom. The minimum Gasteiger partial charge on any atom is -0.497 e. The normalized spacial score (nSPS) is 11.7. The van der Waals surface area contributed by atoms with Crippen LogP contribution in [0.15, 0.2) is 42.5 Å². The van der Waals surface area contributed by atoms with Crippen LogP contribution in [0.3, 0.4) is 0 Å².